The third-order valence-electron chi connectivity index (χ3n) is 6.34. The number of rotatable bonds is 8. The quantitative estimate of drug-likeness (QED) is 0.294. The second kappa shape index (κ2) is 11.9. The molecule has 38 heavy (non-hydrogen) atoms. The van der Waals surface area contributed by atoms with E-state index in [1.165, 1.54) is 0 Å². The van der Waals surface area contributed by atoms with Crippen molar-refractivity contribution in [1.29, 1.82) is 0 Å². The van der Waals surface area contributed by atoms with Gasteiger partial charge in [-0.05, 0) is 47.5 Å². The number of benzene rings is 1. The Hall–Kier alpha value is -3.50. The zero-order valence-electron chi connectivity index (χ0n) is 20.4. The molecule has 0 spiro atoms. The molecule has 1 aliphatic heterocycles. The maximum atomic E-state index is 13.1. The van der Waals surface area contributed by atoms with Gasteiger partial charge in [0.05, 0.1) is 19.3 Å². The molecular formula is C27H26Cl2N6O3. The van der Waals surface area contributed by atoms with E-state index in [0.717, 1.165) is 24.2 Å². The summed E-state index contributed by atoms with van der Waals surface area (Å²) in [7, 11) is 0. The topological polar surface area (TPSA) is 112 Å². The van der Waals surface area contributed by atoms with E-state index in [2.05, 4.69) is 30.5 Å². The summed E-state index contributed by atoms with van der Waals surface area (Å²) in [6, 6.07) is 12.6. The molecule has 3 aromatic heterocycles. The van der Waals surface area contributed by atoms with Gasteiger partial charge in [-0.1, -0.05) is 29.3 Å². The SMILES string of the molecule is O=C(NCc1cc(Cl)cc(Cl)c1)c1nc(NCC(c2cccnc2)N2CCOCC2)c2cccnc2c1O. The van der Waals surface area contributed by atoms with Crippen LogP contribution in [0.4, 0.5) is 5.82 Å². The number of amides is 1. The van der Waals surface area contributed by atoms with Gasteiger partial charge >= 0.3 is 0 Å². The van der Waals surface area contributed by atoms with Crippen LogP contribution in [0.3, 0.4) is 0 Å². The number of nitrogens with zero attached hydrogens (tertiary/aromatic N) is 4. The van der Waals surface area contributed by atoms with Crippen LogP contribution in [0.2, 0.25) is 10.0 Å². The Morgan fingerprint density at radius 1 is 1.11 bits per heavy atom. The monoisotopic (exact) mass is 552 g/mol. The van der Waals surface area contributed by atoms with E-state index in [4.69, 9.17) is 27.9 Å². The predicted octanol–water partition coefficient (Wildman–Crippen LogP) is 4.45. The number of nitrogens with one attached hydrogen (secondary N) is 2. The summed E-state index contributed by atoms with van der Waals surface area (Å²) in [4.78, 5) is 28.6. The summed E-state index contributed by atoms with van der Waals surface area (Å²) in [6.07, 6.45) is 5.16. The Bertz CT molecular complexity index is 1410. The minimum atomic E-state index is -0.550. The molecule has 196 valence electrons. The number of halogens is 2. The average molecular weight is 553 g/mol. The molecule has 0 radical (unpaired) electrons. The van der Waals surface area contributed by atoms with E-state index in [9.17, 15) is 9.90 Å². The zero-order valence-corrected chi connectivity index (χ0v) is 21.9. The minimum absolute atomic E-state index is 0.000205. The molecule has 9 nitrogen and oxygen atoms in total. The van der Waals surface area contributed by atoms with Gasteiger partial charge in [-0.25, -0.2) is 4.98 Å². The fourth-order valence-electron chi connectivity index (χ4n) is 4.51. The number of hydrogen-bond acceptors (Lipinski definition) is 8. The molecule has 1 saturated heterocycles. The lowest BCUT2D eigenvalue weighted by Gasteiger charge is -2.34. The second-order valence-electron chi connectivity index (χ2n) is 8.85. The van der Waals surface area contributed by atoms with Gasteiger partial charge in [0.25, 0.3) is 5.91 Å². The number of pyridine rings is 3. The molecule has 1 amide bonds. The van der Waals surface area contributed by atoms with E-state index >= 15 is 0 Å². The molecule has 1 unspecified atom stereocenters. The van der Waals surface area contributed by atoms with Gasteiger partial charge in [0.2, 0.25) is 0 Å². The van der Waals surface area contributed by atoms with Crippen molar-refractivity contribution >= 4 is 45.8 Å². The van der Waals surface area contributed by atoms with Crippen LogP contribution in [0.1, 0.15) is 27.7 Å². The van der Waals surface area contributed by atoms with E-state index in [1.807, 2.05) is 18.3 Å². The summed E-state index contributed by atoms with van der Waals surface area (Å²) in [5, 5.41) is 18.6. The molecule has 1 aliphatic rings. The Morgan fingerprint density at radius 3 is 2.61 bits per heavy atom. The van der Waals surface area contributed by atoms with E-state index in [-0.39, 0.29) is 29.5 Å². The Balaban J connectivity index is 1.42. The fourth-order valence-corrected chi connectivity index (χ4v) is 5.08. The number of carbonyl (C=O) groups is 1. The second-order valence-corrected chi connectivity index (χ2v) is 9.72. The van der Waals surface area contributed by atoms with Crippen LogP contribution in [0.25, 0.3) is 10.9 Å². The predicted molar refractivity (Wildman–Crippen MR) is 147 cm³/mol. The van der Waals surface area contributed by atoms with Gasteiger partial charge in [-0.2, -0.15) is 0 Å². The molecule has 0 aliphatic carbocycles. The maximum Gasteiger partial charge on any atom is 0.274 e. The van der Waals surface area contributed by atoms with Crippen molar-refractivity contribution < 1.29 is 14.6 Å². The minimum Gasteiger partial charge on any atom is -0.504 e. The zero-order chi connectivity index (χ0) is 26.5. The van der Waals surface area contributed by atoms with Crippen molar-refractivity contribution in [1.82, 2.24) is 25.2 Å². The fraction of sp³-hybridized carbons (Fsp3) is 0.259. The van der Waals surface area contributed by atoms with E-state index < -0.39 is 5.91 Å². The highest BCUT2D eigenvalue weighted by Gasteiger charge is 2.25. The number of fused-ring (bicyclic) bond motifs is 1. The van der Waals surface area contributed by atoms with E-state index in [0.29, 0.717) is 41.0 Å². The lowest BCUT2D eigenvalue weighted by Crippen LogP contribution is -2.41. The van der Waals surface area contributed by atoms with Crippen LogP contribution < -0.4 is 10.6 Å². The third kappa shape index (κ3) is 5.97. The van der Waals surface area contributed by atoms with Crippen LogP contribution >= 0.6 is 23.2 Å². The molecule has 1 fully saturated rings. The van der Waals surface area contributed by atoms with Gasteiger partial charge < -0.3 is 20.5 Å². The molecule has 4 aromatic rings. The molecule has 11 heteroatoms. The molecule has 1 atom stereocenters. The van der Waals surface area contributed by atoms with Crippen LogP contribution in [0.15, 0.2) is 61.1 Å². The lowest BCUT2D eigenvalue weighted by molar-refractivity contribution is 0.0186. The highest BCUT2D eigenvalue weighted by molar-refractivity contribution is 6.34. The number of aromatic hydroxyl groups is 1. The summed E-state index contributed by atoms with van der Waals surface area (Å²) >= 11 is 12.1. The van der Waals surface area contributed by atoms with Gasteiger partial charge in [-0.15, -0.1) is 0 Å². The first-order valence-corrected chi connectivity index (χ1v) is 12.9. The molecule has 1 aromatic carbocycles. The maximum absolute atomic E-state index is 13.1. The van der Waals surface area contributed by atoms with Crippen molar-refractivity contribution in [2.24, 2.45) is 0 Å². The summed E-state index contributed by atoms with van der Waals surface area (Å²) < 4.78 is 5.54. The highest BCUT2D eigenvalue weighted by atomic mass is 35.5. The van der Waals surface area contributed by atoms with Gasteiger partial charge in [0.1, 0.15) is 11.3 Å². The first-order chi connectivity index (χ1) is 18.5. The molecule has 0 saturated carbocycles. The van der Waals surface area contributed by atoms with Crippen LogP contribution in [-0.2, 0) is 11.3 Å². The Labute approximate surface area is 229 Å². The van der Waals surface area contributed by atoms with Gasteiger partial charge in [-0.3, -0.25) is 19.7 Å². The standard InChI is InChI=1S/C27H26Cl2N6O3/c28-19-11-17(12-20(29)13-19)14-33-27(37)24-25(36)23-21(4-2-6-31-23)26(34-24)32-16-22(18-3-1-5-30-15-18)35-7-9-38-10-8-35/h1-6,11-13,15,22,36H,7-10,14,16H2,(H,32,34)(H,33,37). The van der Waals surface area contributed by atoms with Crippen LogP contribution in [0, 0.1) is 0 Å². The van der Waals surface area contributed by atoms with Crippen molar-refractivity contribution in [3.8, 4) is 5.75 Å². The summed E-state index contributed by atoms with van der Waals surface area (Å²) in [5.74, 6) is -0.389. The van der Waals surface area contributed by atoms with Crippen LogP contribution in [0.5, 0.6) is 5.75 Å². The normalized spacial score (nSPS) is 14.8. The van der Waals surface area contributed by atoms with Crippen molar-refractivity contribution in [3.05, 3.63) is 87.9 Å². The number of ether oxygens (including phenoxy) is 1. The number of hydrogen-bond donors (Lipinski definition) is 3. The molecule has 4 heterocycles. The number of aromatic nitrogens is 3. The first-order valence-electron chi connectivity index (χ1n) is 12.2. The summed E-state index contributed by atoms with van der Waals surface area (Å²) in [6.45, 7) is 3.53. The molecule has 0 bridgehead atoms. The smallest absolute Gasteiger partial charge is 0.274 e. The van der Waals surface area contributed by atoms with Crippen molar-refractivity contribution in [2.45, 2.75) is 12.6 Å². The Kier molecular flexibility index (Phi) is 8.19. The number of morpholine rings is 1. The average Bonchev–Trinajstić information content (AvgIpc) is 2.94. The third-order valence-corrected chi connectivity index (χ3v) is 6.78. The molecule has 3 N–H and O–H groups in total. The van der Waals surface area contributed by atoms with Crippen molar-refractivity contribution in [3.63, 3.8) is 0 Å². The summed E-state index contributed by atoms with van der Waals surface area (Å²) in [5.41, 5.74) is 1.93. The molecular weight excluding hydrogens is 527 g/mol. The first kappa shape index (κ1) is 26.1. The lowest BCUT2D eigenvalue weighted by atomic mass is 10.1. The van der Waals surface area contributed by atoms with Gasteiger partial charge in [0, 0.05) is 60.2 Å². The molecule has 5 rings (SSSR count). The largest absolute Gasteiger partial charge is 0.504 e. The van der Waals surface area contributed by atoms with E-state index in [1.54, 1.807) is 42.7 Å². The van der Waals surface area contributed by atoms with Gasteiger partial charge in [0.15, 0.2) is 11.4 Å². The Morgan fingerprint density at radius 2 is 1.87 bits per heavy atom. The van der Waals surface area contributed by atoms with Crippen molar-refractivity contribution in [2.75, 3.05) is 38.2 Å². The number of anilines is 1. The number of carbonyl (C=O) groups excluding carboxylic acids is 1. The van der Waals surface area contributed by atoms with Crippen LogP contribution in [-0.4, -0.2) is 63.7 Å². The highest BCUT2D eigenvalue weighted by Crippen LogP contribution is 2.31.